The lowest BCUT2D eigenvalue weighted by atomic mass is 9.90. The average Bonchev–Trinajstić information content (AvgIpc) is 3.05. The van der Waals surface area contributed by atoms with Crippen LogP contribution in [0.1, 0.15) is 22.9 Å². The smallest absolute Gasteiger partial charge is 0.323 e. The molecular formula is C20H20N2O3. The summed E-state index contributed by atoms with van der Waals surface area (Å²) in [7, 11) is 3.08. The minimum atomic E-state index is -0.397. The standard InChI is InChI=1S/C20H20N2O3/c1-24-17-10-6-4-8-13(17)18-19-14(11-16(22-18)20(23)25-2)12-7-3-5-9-15(12)21-19/h3-10,16,18,21-22H,11H2,1-2H3/t16-,18-/m1/s1. The van der Waals surface area contributed by atoms with Crippen molar-refractivity contribution < 1.29 is 14.3 Å². The summed E-state index contributed by atoms with van der Waals surface area (Å²) in [6.45, 7) is 0. The number of benzene rings is 2. The molecule has 1 aliphatic rings. The number of ether oxygens (including phenoxy) is 2. The fraction of sp³-hybridized carbons (Fsp3) is 0.250. The monoisotopic (exact) mass is 336 g/mol. The van der Waals surface area contributed by atoms with Gasteiger partial charge in [-0.1, -0.05) is 36.4 Å². The largest absolute Gasteiger partial charge is 0.496 e. The Morgan fingerprint density at radius 1 is 1.08 bits per heavy atom. The van der Waals surface area contributed by atoms with E-state index in [0.717, 1.165) is 33.5 Å². The Morgan fingerprint density at radius 2 is 1.84 bits per heavy atom. The minimum Gasteiger partial charge on any atom is -0.496 e. The number of carbonyl (C=O) groups excluding carboxylic acids is 1. The first-order chi connectivity index (χ1) is 12.2. The number of rotatable bonds is 3. The third kappa shape index (κ3) is 2.57. The van der Waals surface area contributed by atoms with E-state index in [1.54, 1.807) is 7.11 Å². The Morgan fingerprint density at radius 3 is 2.64 bits per heavy atom. The summed E-state index contributed by atoms with van der Waals surface area (Å²) in [6, 6.07) is 15.5. The molecule has 0 aliphatic carbocycles. The van der Waals surface area contributed by atoms with Gasteiger partial charge in [-0.3, -0.25) is 10.1 Å². The third-order valence-electron chi connectivity index (χ3n) is 4.85. The van der Waals surface area contributed by atoms with Gasteiger partial charge in [0.1, 0.15) is 11.8 Å². The van der Waals surface area contributed by atoms with Crippen LogP contribution in [0.25, 0.3) is 10.9 Å². The van der Waals surface area contributed by atoms with Crippen LogP contribution in [0.15, 0.2) is 48.5 Å². The number of hydrogen-bond donors (Lipinski definition) is 2. The lowest BCUT2D eigenvalue weighted by Gasteiger charge is -2.31. The minimum absolute atomic E-state index is 0.170. The first-order valence-electron chi connectivity index (χ1n) is 8.29. The van der Waals surface area contributed by atoms with E-state index in [9.17, 15) is 4.79 Å². The Balaban J connectivity index is 1.90. The maximum absolute atomic E-state index is 12.2. The van der Waals surface area contributed by atoms with E-state index in [1.807, 2.05) is 36.4 Å². The van der Waals surface area contributed by atoms with Crippen molar-refractivity contribution in [1.82, 2.24) is 10.3 Å². The molecule has 0 radical (unpaired) electrons. The molecule has 0 spiro atoms. The Labute approximate surface area is 146 Å². The second-order valence-electron chi connectivity index (χ2n) is 6.18. The number of carbonyl (C=O) groups is 1. The van der Waals surface area contributed by atoms with Gasteiger partial charge in [0.2, 0.25) is 0 Å². The molecule has 0 saturated heterocycles. The Bertz CT molecular complexity index is 932. The van der Waals surface area contributed by atoms with Crippen LogP contribution in [0.4, 0.5) is 0 Å². The van der Waals surface area contributed by atoms with E-state index in [-0.39, 0.29) is 12.0 Å². The van der Waals surface area contributed by atoms with Crippen LogP contribution in [0, 0.1) is 0 Å². The molecule has 1 aliphatic heterocycles. The number of fused-ring (bicyclic) bond motifs is 3. The number of hydrogen-bond acceptors (Lipinski definition) is 4. The number of para-hydroxylation sites is 2. The summed E-state index contributed by atoms with van der Waals surface area (Å²) in [4.78, 5) is 15.8. The van der Waals surface area contributed by atoms with E-state index < -0.39 is 6.04 Å². The molecule has 0 amide bonds. The average molecular weight is 336 g/mol. The molecule has 128 valence electrons. The molecule has 2 aromatic carbocycles. The van der Waals surface area contributed by atoms with Crippen molar-refractivity contribution in [3.63, 3.8) is 0 Å². The first-order valence-corrected chi connectivity index (χ1v) is 8.29. The first kappa shape index (κ1) is 15.7. The molecule has 0 fully saturated rings. The highest BCUT2D eigenvalue weighted by Gasteiger charge is 2.35. The summed E-state index contributed by atoms with van der Waals surface area (Å²) in [6.07, 6.45) is 0.595. The lowest BCUT2D eigenvalue weighted by Crippen LogP contribution is -2.45. The van der Waals surface area contributed by atoms with Gasteiger partial charge in [0.05, 0.1) is 20.3 Å². The summed E-state index contributed by atoms with van der Waals surface area (Å²) in [5.74, 6) is 0.533. The van der Waals surface area contributed by atoms with Crippen molar-refractivity contribution in [1.29, 1.82) is 0 Å². The Hall–Kier alpha value is -2.79. The van der Waals surface area contributed by atoms with Crippen LogP contribution in [-0.2, 0) is 16.0 Å². The molecule has 5 heteroatoms. The second-order valence-corrected chi connectivity index (χ2v) is 6.18. The predicted octanol–water partition coefficient (Wildman–Crippen LogP) is 2.95. The van der Waals surface area contributed by atoms with Crippen LogP contribution >= 0.6 is 0 Å². The van der Waals surface area contributed by atoms with Crippen molar-refractivity contribution in [3.8, 4) is 5.75 Å². The van der Waals surface area contributed by atoms with E-state index in [4.69, 9.17) is 9.47 Å². The van der Waals surface area contributed by atoms with Crippen molar-refractivity contribution in [2.75, 3.05) is 14.2 Å². The molecule has 2 atom stereocenters. The number of esters is 1. The van der Waals surface area contributed by atoms with Gasteiger partial charge < -0.3 is 14.5 Å². The molecule has 25 heavy (non-hydrogen) atoms. The molecule has 5 nitrogen and oxygen atoms in total. The normalized spacial score (nSPS) is 19.4. The number of H-pyrrole nitrogens is 1. The maximum Gasteiger partial charge on any atom is 0.323 e. The SMILES string of the molecule is COC(=O)[C@H]1Cc2c([nH]c3ccccc23)[C@@H](c2ccccc2OC)N1. The molecule has 2 N–H and O–H groups in total. The van der Waals surface area contributed by atoms with Gasteiger partial charge in [0.15, 0.2) is 0 Å². The molecule has 2 heterocycles. The van der Waals surface area contributed by atoms with Crippen LogP contribution in [0.2, 0.25) is 0 Å². The summed E-state index contributed by atoms with van der Waals surface area (Å²) >= 11 is 0. The number of aromatic amines is 1. The second kappa shape index (κ2) is 6.26. The van der Waals surface area contributed by atoms with Crippen molar-refractivity contribution in [2.24, 2.45) is 0 Å². The van der Waals surface area contributed by atoms with Gasteiger partial charge in [-0.05, 0) is 17.7 Å². The van der Waals surface area contributed by atoms with Crippen LogP contribution in [-0.4, -0.2) is 31.2 Å². The molecule has 0 bridgehead atoms. The van der Waals surface area contributed by atoms with Crippen LogP contribution in [0.5, 0.6) is 5.75 Å². The molecule has 3 aromatic rings. The van der Waals surface area contributed by atoms with Crippen LogP contribution in [0.3, 0.4) is 0 Å². The molecule has 4 rings (SSSR count). The van der Waals surface area contributed by atoms with Gasteiger partial charge in [-0.15, -0.1) is 0 Å². The number of nitrogens with one attached hydrogen (secondary N) is 2. The van der Waals surface area contributed by atoms with Gasteiger partial charge >= 0.3 is 5.97 Å². The van der Waals surface area contributed by atoms with E-state index >= 15 is 0 Å². The topological polar surface area (TPSA) is 63.4 Å². The fourth-order valence-electron chi connectivity index (χ4n) is 3.68. The van der Waals surface area contributed by atoms with Gasteiger partial charge in [-0.2, -0.15) is 0 Å². The van der Waals surface area contributed by atoms with E-state index in [0.29, 0.717) is 6.42 Å². The summed E-state index contributed by atoms with van der Waals surface area (Å²) in [5.41, 5.74) is 4.29. The highest BCUT2D eigenvalue weighted by Crippen LogP contribution is 2.38. The van der Waals surface area contributed by atoms with E-state index in [1.165, 1.54) is 7.11 Å². The Kier molecular flexibility index (Phi) is 3.93. The zero-order chi connectivity index (χ0) is 17.4. The molecule has 0 saturated carbocycles. The highest BCUT2D eigenvalue weighted by molar-refractivity contribution is 5.87. The summed E-state index contributed by atoms with van der Waals surface area (Å²) < 4.78 is 10.5. The van der Waals surface area contributed by atoms with Gasteiger partial charge in [0, 0.05) is 28.6 Å². The number of methoxy groups -OCH3 is 2. The van der Waals surface area contributed by atoms with Gasteiger partial charge in [0.25, 0.3) is 0 Å². The quantitative estimate of drug-likeness (QED) is 0.722. The van der Waals surface area contributed by atoms with Crippen molar-refractivity contribution in [2.45, 2.75) is 18.5 Å². The molecular weight excluding hydrogens is 316 g/mol. The predicted molar refractivity (Wildman–Crippen MR) is 95.8 cm³/mol. The zero-order valence-electron chi connectivity index (χ0n) is 14.2. The van der Waals surface area contributed by atoms with Crippen molar-refractivity contribution >= 4 is 16.9 Å². The summed E-state index contributed by atoms with van der Waals surface area (Å²) in [5, 5.41) is 4.57. The van der Waals surface area contributed by atoms with Crippen molar-refractivity contribution in [3.05, 3.63) is 65.4 Å². The van der Waals surface area contributed by atoms with E-state index in [2.05, 4.69) is 22.4 Å². The van der Waals surface area contributed by atoms with Crippen LogP contribution < -0.4 is 10.1 Å². The fourth-order valence-corrected chi connectivity index (χ4v) is 3.68. The highest BCUT2D eigenvalue weighted by atomic mass is 16.5. The third-order valence-corrected chi connectivity index (χ3v) is 4.85. The zero-order valence-corrected chi connectivity index (χ0v) is 14.2. The van der Waals surface area contributed by atoms with Gasteiger partial charge in [-0.25, -0.2) is 0 Å². The molecule has 1 aromatic heterocycles. The maximum atomic E-state index is 12.2. The number of aromatic nitrogens is 1. The lowest BCUT2D eigenvalue weighted by molar-refractivity contribution is -0.143. The molecule has 0 unspecified atom stereocenters.